The number of aryl methyl sites for hydroxylation is 1. The normalized spacial score (nSPS) is 10.8. The molecule has 0 fully saturated rings. The Labute approximate surface area is 162 Å². The maximum Gasteiger partial charge on any atom is 0.323 e. The molecule has 2 amide bonds. The number of carbonyl (C=O) groups excluding carboxylic acids is 1. The summed E-state index contributed by atoms with van der Waals surface area (Å²) >= 11 is 0. The zero-order valence-electron chi connectivity index (χ0n) is 16.0. The summed E-state index contributed by atoms with van der Waals surface area (Å²) in [5.41, 5.74) is 2.33. The lowest BCUT2D eigenvalue weighted by atomic mass is 10.1. The van der Waals surface area contributed by atoms with Gasteiger partial charge in [0, 0.05) is 30.2 Å². The Morgan fingerprint density at radius 2 is 1.79 bits per heavy atom. The van der Waals surface area contributed by atoms with Crippen molar-refractivity contribution in [1.82, 2.24) is 4.98 Å². The van der Waals surface area contributed by atoms with Crippen LogP contribution in [0.25, 0.3) is 10.9 Å². The van der Waals surface area contributed by atoms with Crippen LogP contribution in [0.2, 0.25) is 0 Å². The van der Waals surface area contributed by atoms with Crippen LogP contribution in [0.5, 0.6) is 0 Å². The zero-order valence-corrected chi connectivity index (χ0v) is 16.0. The predicted molar refractivity (Wildman–Crippen MR) is 109 cm³/mol. The first-order valence-corrected chi connectivity index (χ1v) is 9.10. The van der Waals surface area contributed by atoms with Gasteiger partial charge >= 0.3 is 6.03 Å². The molecule has 0 radical (unpaired) electrons. The fourth-order valence-corrected chi connectivity index (χ4v) is 3.04. The van der Waals surface area contributed by atoms with Crippen LogP contribution in [-0.4, -0.2) is 24.1 Å². The molecule has 28 heavy (non-hydrogen) atoms. The molecular weight excluding hydrogens is 362 g/mol. The number of hydrogen-bond donors (Lipinski definition) is 2. The van der Waals surface area contributed by atoms with Gasteiger partial charge in [-0.15, -0.1) is 0 Å². The molecule has 0 aliphatic rings. The molecule has 0 aliphatic heterocycles. The third-order valence-electron chi connectivity index (χ3n) is 4.53. The number of fused-ring (bicyclic) bond motifs is 1. The van der Waals surface area contributed by atoms with Crippen LogP contribution in [0.1, 0.15) is 19.4 Å². The van der Waals surface area contributed by atoms with E-state index in [1.54, 1.807) is 6.07 Å². The summed E-state index contributed by atoms with van der Waals surface area (Å²) in [5, 5.41) is 5.95. The first kappa shape index (κ1) is 19.5. The summed E-state index contributed by atoms with van der Waals surface area (Å²) in [7, 11) is 0. The fraction of sp³-hybridized carbons (Fsp3) is 0.238. The highest BCUT2D eigenvalue weighted by Gasteiger charge is 2.11. The lowest BCUT2D eigenvalue weighted by molar-refractivity contribution is 0.262. The number of rotatable bonds is 5. The van der Waals surface area contributed by atoms with Crippen LogP contribution < -0.4 is 15.5 Å². The number of anilines is 3. The standard InChI is InChI=1S/C21H22F2N4O/c1-4-27(5-2)20-10-13(3)16-12-15(7-9-18(16)25-20)24-21(28)26-19-8-6-14(22)11-17(19)23/h6-12H,4-5H2,1-3H3,(H2,24,26,28). The molecule has 1 aromatic heterocycles. The topological polar surface area (TPSA) is 57.3 Å². The lowest BCUT2D eigenvalue weighted by Gasteiger charge is -2.21. The summed E-state index contributed by atoms with van der Waals surface area (Å²) in [6.45, 7) is 7.90. The quantitative estimate of drug-likeness (QED) is 0.627. The van der Waals surface area contributed by atoms with Crippen molar-refractivity contribution in [3.63, 3.8) is 0 Å². The second-order valence-corrected chi connectivity index (χ2v) is 6.40. The summed E-state index contributed by atoms with van der Waals surface area (Å²) in [4.78, 5) is 19.0. The average Bonchev–Trinajstić information content (AvgIpc) is 2.65. The van der Waals surface area contributed by atoms with Gasteiger partial charge in [0.1, 0.15) is 17.5 Å². The van der Waals surface area contributed by atoms with Crippen molar-refractivity contribution in [2.75, 3.05) is 28.6 Å². The Morgan fingerprint density at radius 1 is 1.04 bits per heavy atom. The smallest absolute Gasteiger partial charge is 0.323 e. The Morgan fingerprint density at radius 3 is 2.46 bits per heavy atom. The highest BCUT2D eigenvalue weighted by Crippen LogP contribution is 2.25. The Bertz CT molecular complexity index is 1020. The molecular formula is C21H22F2N4O. The molecule has 3 aromatic rings. The van der Waals surface area contributed by atoms with Crippen LogP contribution in [0.15, 0.2) is 42.5 Å². The predicted octanol–water partition coefficient (Wildman–Crippen LogP) is 5.31. The average molecular weight is 384 g/mol. The molecule has 0 saturated heterocycles. The van der Waals surface area contributed by atoms with Crippen molar-refractivity contribution in [3.8, 4) is 0 Å². The molecule has 3 rings (SSSR count). The first-order chi connectivity index (χ1) is 13.4. The van der Waals surface area contributed by atoms with Crippen LogP contribution in [-0.2, 0) is 0 Å². The molecule has 7 heteroatoms. The van der Waals surface area contributed by atoms with Crippen molar-refractivity contribution in [2.45, 2.75) is 20.8 Å². The highest BCUT2D eigenvalue weighted by molar-refractivity contribution is 6.01. The van der Waals surface area contributed by atoms with Crippen LogP contribution >= 0.6 is 0 Å². The van der Waals surface area contributed by atoms with Gasteiger partial charge in [0.25, 0.3) is 0 Å². The van der Waals surface area contributed by atoms with Gasteiger partial charge in [0.05, 0.1) is 11.2 Å². The Balaban J connectivity index is 1.81. The molecule has 2 N–H and O–H groups in total. The largest absolute Gasteiger partial charge is 0.357 e. The van der Waals surface area contributed by atoms with E-state index in [9.17, 15) is 13.6 Å². The molecule has 1 heterocycles. The van der Waals surface area contributed by atoms with E-state index in [-0.39, 0.29) is 5.69 Å². The van der Waals surface area contributed by atoms with Gasteiger partial charge < -0.3 is 15.5 Å². The van der Waals surface area contributed by atoms with E-state index in [0.29, 0.717) is 11.8 Å². The van der Waals surface area contributed by atoms with Gasteiger partial charge in [0.2, 0.25) is 0 Å². The van der Waals surface area contributed by atoms with Crippen molar-refractivity contribution >= 4 is 34.1 Å². The number of nitrogens with zero attached hydrogens (tertiary/aromatic N) is 2. The summed E-state index contributed by atoms with van der Waals surface area (Å²) in [6.07, 6.45) is 0. The van der Waals surface area contributed by atoms with E-state index >= 15 is 0 Å². The molecule has 0 bridgehead atoms. The second-order valence-electron chi connectivity index (χ2n) is 6.40. The Hall–Kier alpha value is -3.22. The molecule has 0 saturated carbocycles. The summed E-state index contributed by atoms with van der Waals surface area (Å²) < 4.78 is 26.6. The number of urea groups is 1. The molecule has 5 nitrogen and oxygen atoms in total. The zero-order chi connectivity index (χ0) is 20.3. The summed E-state index contributed by atoms with van der Waals surface area (Å²) in [6, 6.07) is 9.77. The Kier molecular flexibility index (Phi) is 5.73. The van der Waals surface area contributed by atoms with Gasteiger partial charge in [0.15, 0.2) is 0 Å². The number of hydrogen-bond acceptors (Lipinski definition) is 3. The van der Waals surface area contributed by atoms with Gasteiger partial charge in [-0.3, -0.25) is 0 Å². The van der Waals surface area contributed by atoms with Crippen molar-refractivity contribution in [1.29, 1.82) is 0 Å². The number of amides is 2. The second kappa shape index (κ2) is 8.21. The molecule has 0 atom stereocenters. The number of halogens is 2. The van der Waals surface area contributed by atoms with Crippen LogP contribution in [0, 0.1) is 18.6 Å². The first-order valence-electron chi connectivity index (χ1n) is 9.10. The number of benzene rings is 2. The highest BCUT2D eigenvalue weighted by atomic mass is 19.1. The van der Waals surface area contributed by atoms with Crippen LogP contribution in [0.4, 0.5) is 30.8 Å². The molecule has 0 spiro atoms. The number of nitrogens with one attached hydrogen (secondary N) is 2. The molecule has 146 valence electrons. The van der Waals surface area contributed by atoms with Crippen molar-refractivity contribution in [2.24, 2.45) is 0 Å². The number of carbonyl (C=O) groups is 1. The van der Waals surface area contributed by atoms with Gasteiger partial charge in [-0.05, 0) is 62.7 Å². The number of aromatic nitrogens is 1. The molecule has 0 aliphatic carbocycles. The molecule has 2 aromatic carbocycles. The van der Waals surface area contributed by atoms with Gasteiger partial charge in [-0.25, -0.2) is 18.6 Å². The minimum atomic E-state index is -0.836. The molecule has 0 unspecified atom stereocenters. The minimum Gasteiger partial charge on any atom is -0.357 e. The van der Waals surface area contributed by atoms with E-state index in [0.717, 1.165) is 41.4 Å². The maximum atomic E-state index is 13.7. The maximum absolute atomic E-state index is 13.7. The van der Waals surface area contributed by atoms with E-state index in [1.807, 2.05) is 25.1 Å². The van der Waals surface area contributed by atoms with E-state index < -0.39 is 17.7 Å². The third kappa shape index (κ3) is 4.19. The van der Waals surface area contributed by atoms with Crippen LogP contribution in [0.3, 0.4) is 0 Å². The van der Waals surface area contributed by atoms with Gasteiger partial charge in [-0.1, -0.05) is 0 Å². The number of pyridine rings is 1. The van der Waals surface area contributed by atoms with Crippen molar-refractivity contribution in [3.05, 3.63) is 59.7 Å². The fourth-order valence-electron chi connectivity index (χ4n) is 3.04. The van der Waals surface area contributed by atoms with Gasteiger partial charge in [-0.2, -0.15) is 0 Å². The monoisotopic (exact) mass is 384 g/mol. The third-order valence-corrected chi connectivity index (χ3v) is 4.53. The summed E-state index contributed by atoms with van der Waals surface area (Å²) in [5.74, 6) is -0.622. The van der Waals surface area contributed by atoms with Crippen molar-refractivity contribution < 1.29 is 13.6 Å². The van der Waals surface area contributed by atoms with E-state index in [1.165, 1.54) is 6.07 Å². The van der Waals surface area contributed by atoms with E-state index in [4.69, 9.17) is 4.98 Å². The SMILES string of the molecule is CCN(CC)c1cc(C)c2cc(NC(=O)Nc3ccc(F)cc3F)ccc2n1. The lowest BCUT2D eigenvalue weighted by Crippen LogP contribution is -2.23. The minimum absolute atomic E-state index is 0.0959. The van der Waals surface area contributed by atoms with E-state index in [2.05, 4.69) is 29.4 Å².